The lowest BCUT2D eigenvalue weighted by atomic mass is 9.91. The number of nitrogens with zero attached hydrogens (tertiary/aromatic N) is 3. The monoisotopic (exact) mass is 566 g/mol. The highest BCUT2D eigenvalue weighted by Crippen LogP contribution is 2.37. The van der Waals surface area contributed by atoms with Gasteiger partial charge in [0.15, 0.2) is 17.5 Å². The van der Waals surface area contributed by atoms with Crippen LogP contribution in [0.1, 0.15) is 6.85 Å². The first kappa shape index (κ1) is 20.9. The third-order valence-electron chi connectivity index (χ3n) is 7.83. The predicted octanol–water partition coefficient (Wildman–Crippen LogP) is 10.5. The van der Waals surface area contributed by atoms with Crippen molar-refractivity contribution in [3.05, 3.63) is 164 Å². The predicted molar refractivity (Wildman–Crippen MR) is 182 cm³/mol. The fraction of sp³-hybridized carbons (Fsp3) is 0. The molecule has 7 aromatic carbocycles. The van der Waals surface area contributed by atoms with Crippen LogP contribution < -0.4 is 0 Å². The van der Waals surface area contributed by atoms with Crippen molar-refractivity contribution in [1.82, 2.24) is 15.0 Å². The lowest BCUT2D eigenvalue weighted by molar-refractivity contribution is 1.08. The Morgan fingerprint density at radius 3 is 1.68 bits per heavy atom. The van der Waals surface area contributed by atoms with Gasteiger partial charge in [-0.25, -0.2) is 15.0 Å². The van der Waals surface area contributed by atoms with E-state index in [0.717, 1.165) is 49.4 Å². The van der Waals surface area contributed by atoms with Crippen LogP contribution in [0.15, 0.2) is 164 Å². The van der Waals surface area contributed by atoms with Gasteiger partial charge in [-0.2, -0.15) is 0 Å². The third-order valence-corrected chi connectivity index (χ3v) is 7.83. The summed E-state index contributed by atoms with van der Waals surface area (Å²) in [5.41, 5.74) is 5.67. The molecule has 1 aromatic heterocycles. The molecule has 3 heteroatoms. The molecule has 0 saturated carbocycles. The van der Waals surface area contributed by atoms with E-state index in [9.17, 15) is 0 Å². The summed E-state index contributed by atoms with van der Waals surface area (Å²) in [7, 11) is 0. The molecule has 0 radical (unpaired) electrons. The Bertz CT molecular complexity index is 2540. The molecule has 0 amide bonds. The Morgan fingerprint density at radius 2 is 0.909 bits per heavy atom. The fourth-order valence-corrected chi connectivity index (χ4v) is 5.77. The Labute approximate surface area is 263 Å². The number of hydrogen-bond donors (Lipinski definition) is 0. The number of rotatable bonds is 5. The largest absolute Gasteiger partial charge is 0.208 e. The maximum Gasteiger partial charge on any atom is 0.164 e. The zero-order chi connectivity index (χ0) is 33.6. The minimum Gasteiger partial charge on any atom is -0.208 e. The van der Waals surface area contributed by atoms with Crippen molar-refractivity contribution in [1.29, 1.82) is 0 Å². The van der Waals surface area contributed by atoms with Crippen molar-refractivity contribution < 1.29 is 6.85 Å². The molecule has 0 aliphatic heterocycles. The second-order valence-electron chi connectivity index (χ2n) is 10.5. The molecule has 0 unspecified atom stereocenters. The Balaban J connectivity index is 1.34. The molecule has 0 fully saturated rings. The standard InChI is InChI=1S/C41H27N3/c1-3-13-28(14-4-1)34-25-26-35(37-23-10-9-22-36(34)37)31-19-11-20-32(27-31)40-42-39(30-16-5-2-6-17-30)43-41(44-40)38-24-12-18-29-15-7-8-21-33(29)38/h1-27H/i2D,5D,6D,16D,17D. The number of benzene rings is 7. The highest BCUT2D eigenvalue weighted by atomic mass is 15.0. The molecular weight excluding hydrogens is 534 g/mol. The van der Waals surface area contributed by atoms with E-state index in [0.29, 0.717) is 17.2 Å². The van der Waals surface area contributed by atoms with E-state index < -0.39 is 18.1 Å². The molecule has 44 heavy (non-hydrogen) atoms. The first-order valence-electron chi connectivity index (χ1n) is 16.9. The van der Waals surface area contributed by atoms with Gasteiger partial charge in [0.2, 0.25) is 0 Å². The molecule has 0 aliphatic rings. The van der Waals surface area contributed by atoms with Crippen LogP contribution in [0.5, 0.6) is 0 Å². The molecule has 0 N–H and O–H groups in total. The summed E-state index contributed by atoms with van der Waals surface area (Å²) >= 11 is 0. The molecule has 1 heterocycles. The van der Waals surface area contributed by atoms with Crippen LogP contribution in [-0.4, -0.2) is 15.0 Å². The topological polar surface area (TPSA) is 38.7 Å². The van der Waals surface area contributed by atoms with Crippen LogP contribution in [0, 0.1) is 0 Å². The molecule has 0 bridgehead atoms. The molecule has 8 aromatic rings. The van der Waals surface area contributed by atoms with E-state index >= 15 is 0 Å². The Morgan fingerprint density at radius 1 is 0.364 bits per heavy atom. The van der Waals surface area contributed by atoms with Gasteiger partial charge in [-0.05, 0) is 49.9 Å². The van der Waals surface area contributed by atoms with Gasteiger partial charge in [-0.1, -0.05) is 158 Å². The van der Waals surface area contributed by atoms with Gasteiger partial charge in [0.1, 0.15) is 0 Å². The molecule has 206 valence electrons. The van der Waals surface area contributed by atoms with Crippen LogP contribution in [0.2, 0.25) is 0 Å². The summed E-state index contributed by atoms with van der Waals surface area (Å²) in [5, 5.41) is 4.17. The zero-order valence-corrected chi connectivity index (χ0v) is 23.5. The van der Waals surface area contributed by atoms with Gasteiger partial charge in [0.05, 0.1) is 6.85 Å². The van der Waals surface area contributed by atoms with Crippen molar-refractivity contribution >= 4 is 21.5 Å². The normalized spacial score (nSPS) is 12.8. The molecule has 0 atom stereocenters. The van der Waals surface area contributed by atoms with Crippen LogP contribution >= 0.6 is 0 Å². The summed E-state index contributed by atoms with van der Waals surface area (Å²) in [6, 6.07) is 42.6. The highest BCUT2D eigenvalue weighted by molar-refractivity contribution is 6.05. The minimum atomic E-state index is -0.472. The first-order chi connectivity index (χ1) is 23.9. The van der Waals surface area contributed by atoms with Crippen molar-refractivity contribution in [3.63, 3.8) is 0 Å². The maximum absolute atomic E-state index is 8.68. The van der Waals surface area contributed by atoms with Crippen molar-refractivity contribution in [2.45, 2.75) is 0 Å². The summed E-state index contributed by atoms with van der Waals surface area (Å²) in [5.74, 6) is 0.673. The van der Waals surface area contributed by atoms with Gasteiger partial charge >= 0.3 is 0 Å². The Kier molecular flexibility index (Phi) is 5.24. The average Bonchev–Trinajstić information content (AvgIpc) is 3.16. The fourth-order valence-electron chi connectivity index (χ4n) is 5.77. The summed E-state index contributed by atoms with van der Waals surface area (Å²) in [6.45, 7) is 0. The minimum absolute atomic E-state index is 0.00741. The summed E-state index contributed by atoms with van der Waals surface area (Å²) in [4.78, 5) is 14.5. The molecule has 0 spiro atoms. The van der Waals surface area contributed by atoms with E-state index in [2.05, 4.69) is 48.5 Å². The quantitative estimate of drug-likeness (QED) is 0.208. The summed E-state index contributed by atoms with van der Waals surface area (Å²) < 4.78 is 42.1. The van der Waals surface area contributed by atoms with Crippen molar-refractivity contribution in [2.75, 3.05) is 0 Å². The van der Waals surface area contributed by atoms with E-state index in [1.165, 1.54) is 0 Å². The lowest BCUT2D eigenvalue weighted by Gasteiger charge is -2.13. The van der Waals surface area contributed by atoms with Gasteiger partial charge < -0.3 is 0 Å². The van der Waals surface area contributed by atoms with Gasteiger partial charge in [0.25, 0.3) is 0 Å². The zero-order valence-electron chi connectivity index (χ0n) is 28.5. The highest BCUT2D eigenvalue weighted by Gasteiger charge is 2.15. The second kappa shape index (κ2) is 11.0. The molecule has 0 saturated heterocycles. The number of hydrogen-bond acceptors (Lipinski definition) is 3. The van der Waals surface area contributed by atoms with Gasteiger partial charge in [0, 0.05) is 16.7 Å². The van der Waals surface area contributed by atoms with E-state index in [-0.39, 0.29) is 23.5 Å². The van der Waals surface area contributed by atoms with Crippen LogP contribution in [0.4, 0.5) is 0 Å². The van der Waals surface area contributed by atoms with E-state index in [1.807, 2.05) is 84.9 Å². The van der Waals surface area contributed by atoms with Crippen molar-refractivity contribution in [2.24, 2.45) is 0 Å². The SMILES string of the molecule is [2H]c1c([2H])c([2H])c(-c2nc(-c3cccc(-c4ccc(-c5ccccc5)c5ccccc45)c3)nc(-c3cccc4ccccc34)n2)c([2H])c1[2H]. The van der Waals surface area contributed by atoms with Crippen LogP contribution in [-0.2, 0) is 0 Å². The second-order valence-corrected chi connectivity index (χ2v) is 10.5. The van der Waals surface area contributed by atoms with Crippen LogP contribution in [0.3, 0.4) is 0 Å². The number of fused-ring (bicyclic) bond motifs is 2. The Hall–Kier alpha value is -5.93. The lowest BCUT2D eigenvalue weighted by Crippen LogP contribution is -2.00. The molecular formula is C41H27N3. The average molecular weight is 567 g/mol. The smallest absolute Gasteiger partial charge is 0.164 e. The van der Waals surface area contributed by atoms with Crippen LogP contribution in [0.25, 0.3) is 78.0 Å². The van der Waals surface area contributed by atoms with E-state index in [1.54, 1.807) is 0 Å². The maximum atomic E-state index is 8.68. The van der Waals surface area contributed by atoms with Crippen molar-refractivity contribution in [3.8, 4) is 56.4 Å². The molecule has 0 aliphatic carbocycles. The summed E-state index contributed by atoms with van der Waals surface area (Å²) in [6.07, 6.45) is 0. The van der Waals surface area contributed by atoms with E-state index in [4.69, 9.17) is 21.8 Å². The molecule has 3 nitrogen and oxygen atoms in total. The third kappa shape index (κ3) is 4.71. The molecule has 8 rings (SSSR count). The first-order valence-corrected chi connectivity index (χ1v) is 14.4. The van der Waals surface area contributed by atoms with Gasteiger partial charge in [-0.3, -0.25) is 0 Å². The van der Waals surface area contributed by atoms with Gasteiger partial charge in [-0.15, -0.1) is 0 Å². The number of aromatic nitrogens is 3.